The lowest BCUT2D eigenvalue weighted by atomic mass is 10.2. The van der Waals surface area contributed by atoms with Gasteiger partial charge in [-0.2, -0.15) is 0 Å². The van der Waals surface area contributed by atoms with Gasteiger partial charge in [-0.15, -0.1) is 0 Å². The molecule has 2 rings (SSSR count). The molecule has 1 aromatic carbocycles. The number of para-hydroxylation sites is 1. The number of aryl methyl sites for hydroxylation is 1. The quantitative estimate of drug-likeness (QED) is 0.722. The molecule has 0 aliphatic rings. The topological polar surface area (TPSA) is 83.4 Å². The van der Waals surface area contributed by atoms with Crippen LogP contribution in [0.3, 0.4) is 0 Å². The van der Waals surface area contributed by atoms with Crippen molar-refractivity contribution in [3.05, 3.63) is 54.0 Å². The fourth-order valence-electron chi connectivity index (χ4n) is 1.45. The Balaban J connectivity index is 1.86. The lowest BCUT2D eigenvalue weighted by Crippen LogP contribution is -2.43. The van der Waals surface area contributed by atoms with Gasteiger partial charge in [0.1, 0.15) is 0 Å². The molecule has 3 amide bonds. The summed E-state index contributed by atoms with van der Waals surface area (Å²) in [6.45, 7) is 1.87. The molecule has 6 heteroatoms. The molecule has 0 spiro atoms. The molecule has 19 heavy (non-hydrogen) atoms. The van der Waals surface area contributed by atoms with E-state index in [1.165, 1.54) is 12.3 Å². The van der Waals surface area contributed by atoms with Crippen molar-refractivity contribution in [3.8, 4) is 0 Å². The molecule has 0 aliphatic heterocycles. The van der Waals surface area contributed by atoms with Crippen LogP contribution in [0.2, 0.25) is 0 Å². The molecule has 0 fully saturated rings. The second-order valence-corrected chi connectivity index (χ2v) is 3.83. The first-order valence-electron chi connectivity index (χ1n) is 5.63. The second kappa shape index (κ2) is 5.72. The van der Waals surface area contributed by atoms with E-state index in [1.807, 2.05) is 25.1 Å². The van der Waals surface area contributed by atoms with Gasteiger partial charge >= 0.3 is 11.9 Å². The predicted molar refractivity (Wildman–Crippen MR) is 69.5 cm³/mol. The van der Waals surface area contributed by atoms with E-state index in [2.05, 4.69) is 16.2 Å². The highest BCUT2D eigenvalue weighted by atomic mass is 16.3. The fourth-order valence-corrected chi connectivity index (χ4v) is 1.45. The summed E-state index contributed by atoms with van der Waals surface area (Å²) in [6, 6.07) is 9.87. The van der Waals surface area contributed by atoms with Crippen LogP contribution >= 0.6 is 0 Å². The van der Waals surface area contributed by atoms with Crippen LogP contribution in [0.1, 0.15) is 16.1 Å². The molecule has 6 nitrogen and oxygen atoms in total. The third-order valence-electron chi connectivity index (χ3n) is 2.43. The highest BCUT2D eigenvalue weighted by Gasteiger charge is 2.09. The summed E-state index contributed by atoms with van der Waals surface area (Å²) in [7, 11) is 0. The molecule has 0 unspecified atom stereocenters. The highest BCUT2D eigenvalue weighted by molar-refractivity contribution is 5.95. The standard InChI is InChI=1S/C13H13N3O3/c1-9-5-2-3-6-10(9)14-13(18)16-15-12(17)11-7-4-8-19-11/h2-8H,1H3,(H,15,17)(H2,14,16,18). The number of hydrazine groups is 1. The molecule has 2 aromatic rings. The van der Waals surface area contributed by atoms with Crippen LogP contribution in [0.5, 0.6) is 0 Å². The number of rotatable bonds is 2. The number of anilines is 1. The van der Waals surface area contributed by atoms with E-state index in [-0.39, 0.29) is 5.76 Å². The van der Waals surface area contributed by atoms with Crippen LogP contribution in [0.15, 0.2) is 47.1 Å². The number of carbonyl (C=O) groups is 2. The molecule has 0 saturated heterocycles. The molecule has 0 saturated carbocycles. The van der Waals surface area contributed by atoms with Gasteiger partial charge in [0.15, 0.2) is 5.76 Å². The number of amides is 3. The van der Waals surface area contributed by atoms with Crippen LogP contribution in [0.4, 0.5) is 10.5 Å². The highest BCUT2D eigenvalue weighted by Crippen LogP contribution is 2.12. The Morgan fingerprint density at radius 1 is 1.05 bits per heavy atom. The summed E-state index contributed by atoms with van der Waals surface area (Å²) in [6.07, 6.45) is 1.38. The normalized spacial score (nSPS) is 9.74. The van der Waals surface area contributed by atoms with Gasteiger partial charge in [0, 0.05) is 5.69 Å². The molecule has 0 atom stereocenters. The Bertz CT molecular complexity index is 579. The van der Waals surface area contributed by atoms with Gasteiger partial charge in [-0.05, 0) is 30.7 Å². The van der Waals surface area contributed by atoms with Crippen molar-refractivity contribution < 1.29 is 14.0 Å². The summed E-state index contributed by atoms with van der Waals surface area (Å²) < 4.78 is 4.88. The third kappa shape index (κ3) is 3.35. The first kappa shape index (κ1) is 12.7. The van der Waals surface area contributed by atoms with Crippen molar-refractivity contribution in [2.75, 3.05) is 5.32 Å². The van der Waals surface area contributed by atoms with Gasteiger partial charge in [0.25, 0.3) is 0 Å². The number of nitrogens with one attached hydrogen (secondary N) is 3. The van der Waals surface area contributed by atoms with Crippen molar-refractivity contribution in [1.82, 2.24) is 10.9 Å². The summed E-state index contributed by atoms with van der Waals surface area (Å²) >= 11 is 0. The van der Waals surface area contributed by atoms with E-state index in [9.17, 15) is 9.59 Å². The summed E-state index contributed by atoms with van der Waals surface area (Å²) in [5.41, 5.74) is 6.07. The zero-order chi connectivity index (χ0) is 13.7. The Morgan fingerprint density at radius 3 is 2.53 bits per heavy atom. The van der Waals surface area contributed by atoms with E-state index in [1.54, 1.807) is 12.1 Å². The maximum atomic E-state index is 11.6. The average Bonchev–Trinajstić information content (AvgIpc) is 2.93. The Labute approximate surface area is 109 Å². The Kier molecular flexibility index (Phi) is 3.82. The Morgan fingerprint density at radius 2 is 1.84 bits per heavy atom. The summed E-state index contributed by atoms with van der Waals surface area (Å²) in [4.78, 5) is 23.1. The Hall–Kier alpha value is -2.76. The number of urea groups is 1. The summed E-state index contributed by atoms with van der Waals surface area (Å²) in [5, 5.41) is 2.62. The van der Waals surface area contributed by atoms with E-state index in [0.717, 1.165) is 5.56 Å². The molecule has 0 radical (unpaired) electrons. The van der Waals surface area contributed by atoms with E-state index in [4.69, 9.17) is 4.42 Å². The second-order valence-electron chi connectivity index (χ2n) is 3.83. The minimum absolute atomic E-state index is 0.121. The SMILES string of the molecule is Cc1ccccc1NC(=O)NNC(=O)c1ccco1. The van der Waals surface area contributed by atoms with Gasteiger partial charge in [0.2, 0.25) is 0 Å². The van der Waals surface area contributed by atoms with Crippen LogP contribution < -0.4 is 16.2 Å². The predicted octanol–water partition coefficient (Wildman–Crippen LogP) is 2.05. The van der Waals surface area contributed by atoms with Crippen LogP contribution in [0, 0.1) is 6.92 Å². The van der Waals surface area contributed by atoms with Gasteiger partial charge in [-0.3, -0.25) is 10.2 Å². The number of hydrogen-bond donors (Lipinski definition) is 3. The van der Waals surface area contributed by atoms with Crippen LogP contribution in [0.25, 0.3) is 0 Å². The van der Waals surface area contributed by atoms with Crippen molar-refractivity contribution >= 4 is 17.6 Å². The largest absolute Gasteiger partial charge is 0.459 e. The molecule has 0 bridgehead atoms. The van der Waals surface area contributed by atoms with Gasteiger partial charge in [-0.25, -0.2) is 10.2 Å². The third-order valence-corrected chi connectivity index (χ3v) is 2.43. The van der Waals surface area contributed by atoms with Crippen LogP contribution in [-0.2, 0) is 0 Å². The van der Waals surface area contributed by atoms with Crippen molar-refractivity contribution in [2.24, 2.45) is 0 Å². The van der Waals surface area contributed by atoms with E-state index in [0.29, 0.717) is 5.69 Å². The fraction of sp³-hybridized carbons (Fsp3) is 0.0769. The van der Waals surface area contributed by atoms with Gasteiger partial charge < -0.3 is 9.73 Å². The molecule has 0 aliphatic carbocycles. The minimum Gasteiger partial charge on any atom is -0.459 e. The number of carbonyl (C=O) groups excluding carboxylic acids is 2. The smallest absolute Gasteiger partial charge is 0.337 e. The molecule has 3 N–H and O–H groups in total. The zero-order valence-electron chi connectivity index (χ0n) is 10.3. The van der Waals surface area contributed by atoms with Crippen molar-refractivity contribution in [3.63, 3.8) is 0 Å². The lowest BCUT2D eigenvalue weighted by Gasteiger charge is -2.09. The van der Waals surface area contributed by atoms with E-state index >= 15 is 0 Å². The van der Waals surface area contributed by atoms with Crippen LogP contribution in [-0.4, -0.2) is 11.9 Å². The lowest BCUT2D eigenvalue weighted by molar-refractivity contribution is 0.0910. The number of furan rings is 1. The maximum Gasteiger partial charge on any atom is 0.337 e. The van der Waals surface area contributed by atoms with Gasteiger partial charge in [-0.1, -0.05) is 18.2 Å². The monoisotopic (exact) mass is 259 g/mol. The first-order chi connectivity index (χ1) is 9.16. The number of hydrogen-bond acceptors (Lipinski definition) is 3. The molecular weight excluding hydrogens is 246 g/mol. The van der Waals surface area contributed by atoms with Gasteiger partial charge in [0.05, 0.1) is 6.26 Å². The average molecular weight is 259 g/mol. The molecule has 1 heterocycles. The zero-order valence-corrected chi connectivity index (χ0v) is 10.3. The minimum atomic E-state index is -0.533. The summed E-state index contributed by atoms with van der Waals surface area (Å²) in [5.74, 6) is -0.402. The molecule has 98 valence electrons. The molecule has 1 aromatic heterocycles. The number of benzene rings is 1. The molecular formula is C13H13N3O3. The maximum absolute atomic E-state index is 11.6. The first-order valence-corrected chi connectivity index (χ1v) is 5.63. The van der Waals surface area contributed by atoms with Crippen molar-refractivity contribution in [2.45, 2.75) is 6.92 Å². The van der Waals surface area contributed by atoms with E-state index < -0.39 is 11.9 Å². The van der Waals surface area contributed by atoms with Crippen molar-refractivity contribution in [1.29, 1.82) is 0 Å².